The van der Waals surface area contributed by atoms with E-state index in [4.69, 9.17) is 9.47 Å². The molecule has 0 aliphatic heterocycles. The predicted molar refractivity (Wildman–Crippen MR) is 65.5 cm³/mol. The first-order valence-corrected chi connectivity index (χ1v) is 5.82. The third kappa shape index (κ3) is 4.84. The first-order valence-electron chi connectivity index (χ1n) is 5.82. The van der Waals surface area contributed by atoms with Gasteiger partial charge in [-0.15, -0.1) is 4.98 Å². The first kappa shape index (κ1) is 13.5. The summed E-state index contributed by atoms with van der Waals surface area (Å²) in [4.78, 5) is 12.2. The summed E-state index contributed by atoms with van der Waals surface area (Å²) >= 11 is 0. The number of nitrogens with zero attached hydrogens (tertiary/aromatic N) is 3. The maximum atomic E-state index is 5.46. The molecule has 6 heteroatoms. The van der Waals surface area contributed by atoms with Gasteiger partial charge >= 0.3 is 12.0 Å². The molecule has 96 valence electrons. The quantitative estimate of drug-likeness (QED) is 0.782. The molecule has 0 unspecified atom stereocenters. The van der Waals surface area contributed by atoms with E-state index in [1.807, 2.05) is 6.92 Å². The van der Waals surface area contributed by atoms with Gasteiger partial charge in [-0.25, -0.2) is 0 Å². The van der Waals surface area contributed by atoms with Crippen molar-refractivity contribution in [2.24, 2.45) is 5.92 Å². The smallest absolute Gasteiger partial charge is 0.324 e. The summed E-state index contributed by atoms with van der Waals surface area (Å²) in [6.45, 7) is 7.58. The number of nitrogens with one attached hydrogen (secondary N) is 1. The summed E-state index contributed by atoms with van der Waals surface area (Å²) in [7, 11) is 1.52. The molecular weight excluding hydrogens is 220 g/mol. The zero-order chi connectivity index (χ0) is 12.7. The molecule has 17 heavy (non-hydrogen) atoms. The second kappa shape index (κ2) is 6.88. The molecule has 0 spiro atoms. The molecule has 6 nitrogen and oxygen atoms in total. The van der Waals surface area contributed by atoms with Crippen molar-refractivity contribution in [1.29, 1.82) is 0 Å². The highest BCUT2D eigenvalue weighted by molar-refractivity contribution is 5.27. The summed E-state index contributed by atoms with van der Waals surface area (Å²) in [6, 6.07) is 0.559. The topological polar surface area (TPSA) is 69.2 Å². The third-order valence-electron chi connectivity index (χ3n) is 2.04. The maximum Gasteiger partial charge on any atom is 0.324 e. The average molecular weight is 240 g/mol. The average Bonchev–Trinajstić information content (AvgIpc) is 2.28. The molecule has 0 aliphatic carbocycles. The van der Waals surface area contributed by atoms with Crippen molar-refractivity contribution in [3.8, 4) is 12.0 Å². The zero-order valence-electron chi connectivity index (χ0n) is 10.9. The Labute approximate surface area is 102 Å². The van der Waals surface area contributed by atoms with E-state index >= 15 is 0 Å². The van der Waals surface area contributed by atoms with Crippen LogP contribution in [-0.2, 0) is 0 Å². The van der Waals surface area contributed by atoms with Crippen LogP contribution in [-0.4, -0.2) is 35.2 Å². The number of anilines is 1. The van der Waals surface area contributed by atoms with E-state index in [1.54, 1.807) is 0 Å². The molecule has 1 aromatic rings. The van der Waals surface area contributed by atoms with Gasteiger partial charge in [0, 0.05) is 6.54 Å². The number of rotatable bonds is 7. The van der Waals surface area contributed by atoms with Crippen molar-refractivity contribution in [3.63, 3.8) is 0 Å². The Balaban J connectivity index is 2.66. The summed E-state index contributed by atoms with van der Waals surface area (Å²) in [5.41, 5.74) is 0. The van der Waals surface area contributed by atoms with Gasteiger partial charge in [-0.05, 0) is 19.3 Å². The first-order chi connectivity index (χ1) is 8.15. The molecule has 1 N–H and O–H groups in total. The van der Waals surface area contributed by atoms with E-state index < -0.39 is 0 Å². The largest absolute Gasteiger partial charge is 0.467 e. The van der Waals surface area contributed by atoms with Gasteiger partial charge < -0.3 is 14.8 Å². The lowest BCUT2D eigenvalue weighted by molar-refractivity contribution is 0.261. The van der Waals surface area contributed by atoms with E-state index in [2.05, 4.69) is 34.1 Å². The standard InChI is InChI=1S/C11H20N4O2/c1-5-12-9-13-10(16-4)15-11(14-9)17-7-6-8(2)3/h8H,5-7H2,1-4H3,(H,12,13,14,15). The number of hydrogen-bond donors (Lipinski definition) is 1. The summed E-state index contributed by atoms with van der Waals surface area (Å²) in [5.74, 6) is 1.06. The molecule has 0 fully saturated rings. The third-order valence-corrected chi connectivity index (χ3v) is 2.04. The van der Waals surface area contributed by atoms with Crippen molar-refractivity contribution in [1.82, 2.24) is 15.0 Å². The fraction of sp³-hybridized carbons (Fsp3) is 0.727. The number of aromatic nitrogens is 3. The minimum atomic E-state index is 0.260. The molecule has 0 aromatic carbocycles. The van der Waals surface area contributed by atoms with E-state index in [-0.39, 0.29) is 6.01 Å². The van der Waals surface area contributed by atoms with Crippen LogP contribution in [0.3, 0.4) is 0 Å². The zero-order valence-corrected chi connectivity index (χ0v) is 10.9. The lowest BCUT2D eigenvalue weighted by atomic mass is 10.1. The highest BCUT2D eigenvalue weighted by Gasteiger charge is 2.07. The van der Waals surface area contributed by atoms with Crippen LogP contribution in [0.2, 0.25) is 0 Å². The van der Waals surface area contributed by atoms with Crippen LogP contribution in [0.5, 0.6) is 12.0 Å². The van der Waals surface area contributed by atoms with Crippen LogP contribution < -0.4 is 14.8 Å². The van der Waals surface area contributed by atoms with Crippen LogP contribution in [0.15, 0.2) is 0 Å². The van der Waals surface area contributed by atoms with Gasteiger partial charge in [0.2, 0.25) is 5.95 Å². The normalized spacial score (nSPS) is 10.4. The van der Waals surface area contributed by atoms with Gasteiger partial charge in [0.25, 0.3) is 0 Å². The highest BCUT2D eigenvalue weighted by atomic mass is 16.5. The van der Waals surface area contributed by atoms with E-state index in [9.17, 15) is 0 Å². The van der Waals surface area contributed by atoms with Gasteiger partial charge in [-0.1, -0.05) is 13.8 Å². The molecule has 0 bridgehead atoms. The van der Waals surface area contributed by atoms with E-state index in [0.717, 1.165) is 13.0 Å². The summed E-state index contributed by atoms with van der Waals surface area (Å²) in [6.07, 6.45) is 0.963. The molecule has 0 radical (unpaired) electrons. The Morgan fingerprint density at radius 3 is 2.47 bits per heavy atom. The van der Waals surface area contributed by atoms with Crippen LogP contribution in [0.25, 0.3) is 0 Å². The van der Waals surface area contributed by atoms with Gasteiger partial charge in [0.05, 0.1) is 13.7 Å². The monoisotopic (exact) mass is 240 g/mol. The molecular formula is C11H20N4O2. The molecule has 1 aromatic heterocycles. The highest BCUT2D eigenvalue weighted by Crippen LogP contribution is 2.13. The number of hydrogen-bond acceptors (Lipinski definition) is 6. The Hall–Kier alpha value is -1.59. The van der Waals surface area contributed by atoms with Crippen molar-refractivity contribution >= 4 is 5.95 Å². The van der Waals surface area contributed by atoms with Crippen LogP contribution in [0.4, 0.5) is 5.95 Å². The van der Waals surface area contributed by atoms with Crippen molar-refractivity contribution in [2.45, 2.75) is 27.2 Å². The van der Waals surface area contributed by atoms with Crippen molar-refractivity contribution in [3.05, 3.63) is 0 Å². The van der Waals surface area contributed by atoms with Gasteiger partial charge in [0.1, 0.15) is 0 Å². The molecule has 0 saturated carbocycles. The maximum absolute atomic E-state index is 5.46. The molecule has 0 atom stereocenters. The Morgan fingerprint density at radius 1 is 1.18 bits per heavy atom. The van der Waals surface area contributed by atoms with E-state index in [1.165, 1.54) is 7.11 Å². The Morgan fingerprint density at radius 2 is 1.88 bits per heavy atom. The lowest BCUT2D eigenvalue weighted by Crippen LogP contribution is -2.09. The molecule has 1 rings (SSSR count). The lowest BCUT2D eigenvalue weighted by Gasteiger charge is -2.08. The molecule has 0 aliphatic rings. The SMILES string of the molecule is CCNc1nc(OC)nc(OCCC(C)C)n1. The van der Waals surface area contributed by atoms with E-state index in [0.29, 0.717) is 24.5 Å². The van der Waals surface area contributed by atoms with Crippen molar-refractivity contribution in [2.75, 3.05) is 25.6 Å². The van der Waals surface area contributed by atoms with Gasteiger partial charge in [0.15, 0.2) is 0 Å². The Kier molecular flexibility index (Phi) is 5.45. The minimum absolute atomic E-state index is 0.260. The van der Waals surface area contributed by atoms with Gasteiger partial charge in [-0.2, -0.15) is 9.97 Å². The Bertz CT molecular complexity index is 344. The van der Waals surface area contributed by atoms with Crippen LogP contribution in [0.1, 0.15) is 27.2 Å². The summed E-state index contributed by atoms with van der Waals surface area (Å²) < 4.78 is 10.5. The second-order valence-corrected chi connectivity index (χ2v) is 3.99. The fourth-order valence-electron chi connectivity index (χ4n) is 1.12. The minimum Gasteiger partial charge on any atom is -0.467 e. The van der Waals surface area contributed by atoms with Crippen LogP contribution >= 0.6 is 0 Å². The van der Waals surface area contributed by atoms with Crippen molar-refractivity contribution < 1.29 is 9.47 Å². The van der Waals surface area contributed by atoms with Gasteiger partial charge in [-0.3, -0.25) is 0 Å². The number of ether oxygens (including phenoxy) is 2. The molecule has 0 saturated heterocycles. The fourth-order valence-corrected chi connectivity index (χ4v) is 1.12. The second-order valence-electron chi connectivity index (χ2n) is 3.99. The predicted octanol–water partition coefficient (Wildman–Crippen LogP) is 1.74. The number of methoxy groups -OCH3 is 1. The van der Waals surface area contributed by atoms with Crippen LogP contribution in [0, 0.1) is 5.92 Å². The molecule has 1 heterocycles. The summed E-state index contributed by atoms with van der Waals surface area (Å²) in [5, 5.41) is 3.00. The molecule has 0 amide bonds.